The number of nitrogens with one attached hydrogen (secondary N) is 1. The summed E-state index contributed by atoms with van der Waals surface area (Å²) in [5, 5.41) is 6.73. The summed E-state index contributed by atoms with van der Waals surface area (Å²) in [6.45, 7) is 5.55. The van der Waals surface area contributed by atoms with E-state index in [0.717, 1.165) is 5.56 Å². The van der Waals surface area contributed by atoms with Crippen LogP contribution in [0.3, 0.4) is 0 Å². The molecule has 2 atom stereocenters. The standard InChI is InChI=1S/C16H22N4O3/c1-9(2)13(17)15(21)18-10(3)16-19-14(20-23-16)11-7-5-6-8-12(11)22-4/h5-10,13H,17H2,1-4H3,(H,18,21)/t10?,13-/m0/s1. The first kappa shape index (κ1) is 17.0. The van der Waals surface area contributed by atoms with E-state index in [1.54, 1.807) is 14.0 Å². The summed E-state index contributed by atoms with van der Waals surface area (Å²) in [5.74, 6) is 1.18. The highest BCUT2D eigenvalue weighted by Gasteiger charge is 2.23. The highest BCUT2D eigenvalue weighted by molar-refractivity contribution is 5.82. The third kappa shape index (κ3) is 3.87. The van der Waals surface area contributed by atoms with Crippen molar-refractivity contribution in [3.63, 3.8) is 0 Å². The molecule has 0 radical (unpaired) electrons. The smallest absolute Gasteiger partial charge is 0.249 e. The Balaban J connectivity index is 2.14. The molecule has 0 aliphatic rings. The molecule has 1 unspecified atom stereocenters. The van der Waals surface area contributed by atoms with Gasteiger partial charge in [-0.15, -0.1) is 0 Å². The van der Waals surface area contributed by atoms with Crippen molar-refractivity contribution in [2.24, 2.45) is 11.7 Å². The van der Waals surface area contributed by atoms with E-state index in [2.05, 4.69) is 15.5 Å². The van der Waals surface area contributed by atoms with Crippen molar-refractivity contribution in [2.75, 3.05) is 7.11 Å². The van der Waals surface area contributed by atoms with Crippen molar-refractivity contribution in [1.82, 2.24) is 15.5 Å². The fourth-order valence-electron chi connectivity index (χ4n) is 2.02. The molecule has 2 aromatic rings. The number of hydrogen-bond acceptors (Lipinski definition) is 6. The van der Waals surface area contributed by atoms with E-state index in [9.17, 15) is 4.79 Å². The molecule has 0 aliphatic carbocycles. The first-order chi connectivity index (χ1) is 10.9. The minimum atomic E-state index is -0.575. The number of rotatable bonds is 6. The molecule has 0 saturated carbocycles. The van der Waals surface area contributed by atoms with Crippen LogP contribution in [0.5, 0.6) is 5.75 Å². The molecular formula is C16H22N4O3. The van der Waals surface area contributed by atoms with Crippen molar-refractivity contribution in [3.8, 4) is 17.1 Å². The number of amides is 1. The Hall–Kier alpha value is -2.41. The SMILES string of the molecule is COc1ccccc1-c1noc(C(C)NC(=O)[C@@H](N)C(C)C)n1. The maximum Gasteiger partial charge on any atom is 0.249 e. The van der Waals surface area contributed by atoms with Gasteiger partial charge in [-0.1, -0.05) is 31.1 Å². The second kappa shape index (κ2) is 7.23. The minimum Gasteiger partial charge on any atom is -0.496 e. The van der Waals surface area contributed by atoms with Gasteiger partial charge in [-0.2, -0.15) is 4.98 Å². The number of nitrogens with two attached hydrogens (primary N) is 1. The fraction of sp³-hybridized carbons (Fsp3) is 0.438. The number of ether oxygens (including phenoxy) is 1. The van der Waals surface area contributed by atoms with Crippen molar-refractivity contribution in [3.05, 3.63) is 30.2 Å². The molecule has 0 saturated heterocycles. The third-order valence-corrected chi connectivity index (χ3v) is 3.54. The maximum absolute atomic E-state index is 12.0. The third-order valence-electron chi connectivity index (χ3n) is 3.54. The second-order valence-corrected chi connectivity index (χ2v) is 5.66. The largest absolute Gasteiger partial charge is 0.496 e. The summed E-state index contributed by atoms with van der Waals surface area (Å²) in [5.41, 5.74) is 6.55. The summed E-state index contributed by atoms with van der Waals surface area (Å²) < 4.78 is 10.5. The quantitative estimate of drug-likeness (QED) is 0.843. The number of carbonyl (C=O) groups is 1. The van der Waals surface area contributed by atoms with E-state index >= 15 is 0 Å². The summed E-state index contributed by atoms with van der Waals surface area (Å²) >= 11 is 0. The number of methoxy groups -OCH3 is 1. The first-order valence-electron chi connectivity index (χ1n) is 7.47. The topological polar surface area (TPSA) is 103 Å². The van der Waals surface area contributed by atoms with Gasteiger partial charge in [0.05, 0.1) is 18.7 Å². The Bertz CT molecular complexity index is 669. The molecule has 0 spiro atoms. The van der Waals surface area contributed by atoms with Gasteiger partial charge in [0, 0.05) is 0 Å². The molecule has 1 heterocycles. The van der Waals surface area contributed by atoms with Gasteiger partial charge in [-0.3, -0.25) is 4.79 Å². The van der Waals surface area contributed by atoms with Crippen molar-refractivity contribution in [1.29, 1.82) is 0 Å². The Morgan fingerprint density at radius 2 is 2.00 bits per heavy atom. The van der Waals surface area contributed by atoms with Crippen LogP contribution in [0.4, 0.5) is 0 Å². The summed E-state index contributed by atoms with van der Waals surface area (Å²) in [6.07, 6.45) is 0. The lowest BCUT2D eigenvalue weighted by Gasteiger charge is -2.17. The van der Waals surface area contributed by atoms with Gasteiger partial charge < -0.3 is 20.3 Å². The second-order valence-electron chi connectivity index (χ2n) is 5.66. The maximum atomic E-state index is 12.0. The molecule has 7 heteroatoms. The molecule has 1 aromatic carbocycles. The summed E-state index contributed by atoms with van der Waals surface area (Å²) in [7, 11) is 1.58. The van der Waals surface area contributed by atoms with Crippen LogP contribution in [-0.2, 0) is 4.79 Å². The van der Waals surface area contributed by atoms with Gasteiger partial charge in [-0.25, -0.2) is 0 Å². The first-order valence-corrected chi connectivity index (χ1v) is 7.47. The molecule has 3 N–H and O–H groups in total. The minimum absolute atomic E-state index is 0.0500. The van der Waals surface area contributed by atoms with Crippen LogP contribution in [-0.4, -0.2) is 29.2 Å². The highest BCUT2D eigenvalue weighted by atomic mass is 16.5. The van der Waals surface area contributed by atoms with Gasteiger partial charge >= 0.3 is 0 Å². The summed E-state index contributed by atoms with van der Waals surface area (Å²) in [4.78, 5) is 16.3. The molecular weight excluding hydrogens is 296 g/mol. The number of benzene rings is 1. The predicted octanol–water partition coefficient (Wildman–Crippen LogP) is 1.91. The van der Waals surface area contributed by atoms with Crippen LogP contribution in [0.25, 0.3) is 11.4 Å². The number of para-hydroxylation sites is 1. The lowest BCUT2D eigenvalue weighted by Crippen LogP contribution is -2.44. The molecule has 1 aromatic heterocycles. The van der Waals surface area contributed by atoms with Crippen LogP contribution in [0, 0.1) is 5.92 Å². The predicted molar refractivity (Wildman–Crippen MR) is 85.7 cm³/mol. The Morgan fingerprint density at radius 3 is 2.65 bits per heavy atom. The Kier molecular flexibility index (Phi) is 5.33. The molecule has 0 fully saturated rings. The van der Waals surface area contributed by atoms with E-state index in [1.165, 1.54) is 0 Å². The zero-order valence-corrected chi connectivity index (χ0v) is 13.7. The van der Waals surface area contributed by atoms with E-state index in [4.69, 9.17) is 15.0 Å². The molecule has 2 rings (SSSR count). The lowest BCUT2D eigenvalue weighted by molar-refractivity contribution is -0.124. The monoisotopic (exact) mass is 318 g/mol. The zero-order chi connectivity index (χ0) is 17.0. The van der Waals surface area contributed by atoms with Crippen LogP contribution >= 0.6 is 0 Å². The number of hydrogen-bond donors (Lipinski definition) is 2. The van der Waals surface area contributed by atoms with Gasteiger partial charge in [-0.05, 0) is 25.0 Å². The van der Waals surface area contributed by atoms with Gasteiger partial charge in [0.2, 0.25) is 17.6 Å². The van der Waals surface area contributed by atoms with E-state index in [0.29, 0.717) is 17.5 Å². The Labute approximate surface area is 135 Å². The molecule has 1 amide bonds. The van der Waals surface area contributed by atoms with Gasteiger partial charge in [0.1, 0.15) is 11.8 Å². The molecule has 23 heavy (non-hydrogen) atoms. The molecule has 7 nitrogen and oxygen atoms in total. The zero-order valence-electron chi connectivity index (χ0n) is 13.7. The number of nitrogens with zero attached hydrogens (tertiary/aromatic N) is 2. The molecule has 124 valence electrons. The Morgan fingerprint density at radius 1 is 1.30 bits per heavy atom. The van der Waals surface area contributed by atoms with E-state index in [1.807, 2.05) is 38.1 Å². The van der Waals surface area contributed by atoms with Gasteiger partial charge in [0.15, 0.2) is 0 Å². The van der Waals surface area contributed by atoms with Crippen LogP contribution < -0.4 is 15.8 Å². The van der Waals surface area contributed by atoms with Crippen LogP contribution in [0.15, 0.2) is 28.8 Å². The summed E-state index contributed by atoms with van der Waals surface area (Å²) in [6, 6.07) is 6.38. The van der Waals surface area contributed by atoms with Crippen molar-refractivity contribution >= 4 is 5.91 Å². The average molecular weight is 318 g/mol. The van der Waals surface area contributed by atoms with E-state index < -0.39 is 12.1 Å². The number of aromatic nitrogens is 2. The molecule has 0 aliphatic heterocycles. The van der Waals surface area contributed by atoms with Crippen molar-refractivity contribution < 1.29 is 14.1 Å². The highest BCUT2D eigenvalue weighted by Crippen LogP contribution is 2.27. The van der Waals surface area contributed by atoms with E-state index in [-0.39, 0.29) is 11.8 Å². The normalized spacial score (nSPS) is 13.7. The van der Waals surface area contributed by atoms with Gasteiger partial charge in [0.25, 0.3) is 0 Å². The fourth-order valence-corrected chi connectivity index (χ4v) is 2.02. The lowest BCUT2D eigenvalue weighted by atomic mass is 10.0. The van der Waals surface area contributed by atoms with Crippen LogP contribution in [0.1, 0.15) is 32.7 Å². The average Bonchev–Trinajstić information content (AvgIpc) is 3.03. The molecule has 0 bridgehead atoms. The number of carbonyl (C=O) groups excluding carboxylic acids is 1. The van der Waals surface area contributed by atoms with Crippen molar-refractivity contribution in [2.45, 2.75) is 32.9 Å². The van der Waals surface area contributed by atoms with Crippen LogP contribution in [0.2, 0.25) is 0 Å².